The van der Waals surface area contributed by atoms with Gasteiger partial charge in [0.2, 0.25) is 0 Å². The van der Waals surface area contributed by atoms with Crippen LogP contribution in [0.5, 0.6) is 0 Å². The molecule has 0 unspecified atom stereocenters. The molecule has 0 radical (unpaired) electrons. The van der Waals surface area contributed by atoms with Gasteiger partial charge in [0, 0.05) is 16.7 Å². The van der Waals surface area contributed by atoms with Crippen LogP contribution in [0.2, 0.25) is 0 Å². The van der Waals surface area contributed by atoms with Gasteiger partial charge in [0.15, 0.2) is 0 Å². The van der Waals surface area contributed by atoms with Gasteiger partial charge < -0.3 is 0 Å². The molecule has 3 rings (SSSR count). The summed E-state index contributed by atoms with van der Waals surface area (Å²) < 4.78 is 13.6. The van der Waals surface area contributed by atoms with Crippen molar-refractivity contribution in [2.24, 2.45) is 10.2 Å². The van der Waals surface area contributed by atoms with Gasteiger partial charge in [-0.25, -0.2) is 4.39 Å². The molecule has 2 nitrogen and oxygen atoms in total. The molecule has 0 heterocycles. The Kier molecular flexibility index (Phi) is 4.69. The van der Waals surface area contributed by atoms with Crippen LogP contribution in [0.4, 0.5) is 4.39 Å². The summed E-state index contributed by atoms with van der Waals surface area (Å²) in [7, 11) is 0. The summed E-state index contributed by atoms with van der Waals surface area (Å²) >= 11 is 0. The van der Waals surface area contributed by atoms with Gasteiger partial charge >= 0.3 is 0 Å². The van der Waals surface area contributed by atoms with E-state index in [0.717, 1.165) is 16.8 Å². The van der Waals surface area contributed by atoms with Crippen molar-refractivity contribution in [3.05, 3.63) is 107 Å². The highest BCUT2D eigenvalue weighted by Crippen LogP contribution is 2.11. The lowest BCUT2D eigenvalue weighted by atomic mass is 10.0. The van der Waals surface area contributed by atoms with E-state index in [2.05, 4.69) is 10.2 Å². The summed E-state index contributed by atoms with van der Waals surface area (Å²) in [6.45, 7) is 0. The van der Waals surface area contributed by atoms with Crippen LogP contribution in [0.3, 0.4) is 0 Å². The van der Waals surface area contributed by atoms with Gasteiger partial charge in [0.25, 0.3) is 0 Å². The first-order valence-electron chi connectivity index (χ1n) is 7.31. The minimum Gasteiger partial charge on any atom is -0.206 e. The lowest BCUT2D eigenvalue weighted by Gasteiger charge is -2.05. The molecule has 3 aromatic carbocycles. The zero-order valence-electron chi connectivity index (χ0n) is 12.4. The minimum absolute atomic E-state index is 0.313. The normalized spacial score (nSPS) is 10.7. The largest absolute Gasteiger partial charge is 0.206 e. The Morgan fingerprint density at radius 1 is 0.696 bits per heavy atom. The first-order valence-corrected chi connectivity index (χ1v) is 7.31. The van der Waals surface area contributed by atoms with Crippen molar-refractivity contribution >= 4 is 11.9 Å². The van der Waals surface area contributed by atoms with Crippen LogP contribution in [-0.2, 0) is 0 Å². The van der Waals surface area contributed by atoms with Crippen LogP contribution in [0, 0.1) is 5.82 Å². The second-order valence-corrected chi connectivity index (χ2v) is 4.95. The van der Waals surface area contributed by atoms with Crippen LogP contribution >= 0.6 is 0 Å². The van der Waals surface area contributed by atoms with Crippen molar-refractivity contribution in [3.63, 3.8) is 0 Å². The average molecular weight is 302 g/mol. The summed E-state index contributed by atoms with van der Waals surface area (Å²) in [6.07, 6.45) is 1.43. The first-order chi connectivity index (χ1) is 11.3. The zero-order valence-corrected chi connectivity index (χ0v) is 12.4. The van der Waals surface area contributed by atoms with Crippen molar-refractivity contribution in [2.75, 3.05) is 0 Å². The van der Waals surface area contributed by atoms with E-state index < -0.39 is 0 Å². The van der Waals surface area contributed by atoms with Crippen LogP contribution in [0.15, 0.2) is 95.1 Å². The van der Waals surface area contributed by atoms with Crippen molar-refractivity contribution < 1.29 is 4.39 Å². The summed E-state index contributed by atoms with van der Waals surface area (Å²) in [5, 5.41) is 8.40. The van der Waals surface area contributed by atoms with E-state index in [4.69, 9.17) is 0 Å². The van der Waals surface area contributed by atoms with E-state index >= 15 is 0 Å². The van der Waals surface area contributed by atoms with Crippen LogP contribution in [0.1, 0.15) is 16.7 Å². The molecule has 0 spiro atoms. The fourth-order valence-corrected chi connectivity index (χ4v) is 2.20. The van der Waals surface area contributed by atoms with Gasteiger partial charge in [-0.05, 0) is 6.07 Å². The summed E-state index contributed by atoms with van der Waals surface area (Å²) in [6, 6.07) is 26.1. The second kappa shape index (κ2) is 7.27. The monoisotopic (exact) mass is 302 g/mol. The SMILES string of the molecule is Fc1ccccc1C=NN=C(c1ccccc1)c1ccccc1. The van der Waals surface area contributed by atoms with E-state index in [9.17, 15) is 4.39 Å². The fourth-order valence-electron chi connectivity index (χ4n) is 2.20. The highest BCUT2D eigenvalue weighted by Gasteiger charge is 2.05. The zero-order chi connectivity index (χ0) is 15.9. The molecule has 0 bridgehead atoms. The van der Waals surface area contributed by atoms with Crippen LogP contribution in [0.25, 0.3) is 0 Å². The Labute approximate surface area is 134 Å². The molecule has 0 aliphatic heterocycles. The minimum atomic E-state index is -0.313. The Hall–Kier alpha value is -3.07. The third-order valence-corrected chi connectivity index (χ3v) is 3.35. The standard InChI is InChI=1S/C20H15FN2/c21-19-14-8-7-13-18(19)15-22-23-20(16-9-3-1-4-10-16)17-11-5-2-6-12-17/h1-15H. The molecule has 0 amide bonds. The third-order valence-electron chi connectivity index (χ3n) is 3.35. The molecular weight excluding hydrogens is 287 g/mol. The molecule has 0 saturated heterocycles. The number of nitrogens with zero attached hydrogens (tertiary/aromatic N) is 2. The molecule has 0 saturated carbocycles. The molecule has 0 atom stereocenters. The van der Waals surface area contributed by atoms with E-state index in [1.807, 2.05) is 60.7 Å². The quantitative estimate of drug-likeness (QED) is 0.493. The number of rotatable bonds is 4. The van der Waals surface area contributed by atoms with E-state index in [0.29, 0.717) is 5.56 Å². The van der Waals surface area contributed by atoms with Crippen LogP contribution < -0.4 is 0 Å². The van der Waals surface area contributed by atoms with E-state index in [-0.39, 0.29) is 5.82 Å². The molecule has 0 aliphatic rings. The summed E-state index contributed by atoms with van der Waals surface area (Å²) in [4.78, 5) is 0. The third kappa shape index (κ3) is 3.77. The van der Waals surface area contributed by atoms with E-state index in [1.165, 1.54) is 12.3 Å². The van der Waals surface area contributed by atoms with Gasteiger partial charge in [0.1, 0.15) is 11.5 Å². The van der Waals surface area contributed by atoms with Crippen molar-refractivity contribution in [1.82, 2.24) is 0 Å². The van der Waals surface area contributed by atoms with Gasteiger partial charge in [-0.2, -0.15) is 5.10 Å². The average Bonchev–Trinajstić information content (AvgIpc) is 2.62. The Bertz CT molecular complexity index is 783. The van der Waals surface area contributed by atoms with Crippen LogP contribution in [-0.4, -0.2) is 11.9 Å². The number of hydrogen-bond acceptors (Lipinski definition) is 2. The summed E-state index contributed by atoms with van der Waals surface area (Å²) in [5.41, 5.74) is 3.09. The molecule has 0 aromatic heterocycles. The van der Waals surface area contributed by atoms with Gasteiger partial charge in [-0.3, -0.25) is 0 Å². The lowest BCUT2D eigenvalue weighted by Crippen LogP contribution is -2.02. The fraction of sp³-hybridized carbons (Fsp3) is 0. The Balaban J connectivity index is 1.97. The molecular formula is C20H15FN2. The predicted molar refractivity (Wildman–Crippen MR) is 92.5 cm³/mol. The molecule has 23 heavy (non-hydrogen) atoms. The van der Waals surface area contributed by atoms with Gasteiger partial charge in [0.05, 0.1) is 6.21 Å². The molecule has 0 fully saturated rings. The van der Waals surface area contributed by atoms with Crippen molar-refractivity contribution in [3.8, 4) is 0 Å². The van der Waals surface area contributed by atoms with Gasteiger partial charge in [-0.1, -0.05) is 78.9 Å². The second-order valence-electron chi connectivity index (χ2n) is 4.95. The maximum Gasteiger partial charge on any atom is 0.132 e. The lowest BCUT2D eigenvalue weighted by molar-refractivity contribution is 0.626. The molecule has 3 heteroatoms. The summed E-state index contributed by atoms with van der Waals surface area (Å²) in [5.74, 6) is -0.313. The van der Waals surface area contributed by atoms with Gasteiger partial charge in [-0.15, -0.1) is 5.10 Å². The first kappa shape index (κ1) is 14.9. The molecule has 0 N–H and O–H groups in total. The maximum atomic E-state index is 13.6. The highest BCUT2D eigenvalue weighted by atomic mass is 19.1. The van der Waals surface area contributed by atoms with E-state index in [1.54, 1.807) is 18.2 Å². The topological polar surface area (TPSA) is 24.7 Å². The molecule has 112 valence electrons. The molecule has 0 aliphatic carbocycles. The number of benzene rings is 3. The molecule has 3 aromatic rings. The predicted octanol–water partition coefficient (Wildman–Crippen LogP) is 4.70. The highest BCUT2D eigenvalue weighted by molar-refractivity contribution is 6.12. The Morgan fingerprint density at radius 2 is 1.22 bits per heavy atom. The van der Waals surface area contributed by atoms with Crippen molar-refractivity contribution in [1.29, 1.82) is 0 Å². The Morgan fingerprint density at radius 3 is 1.78 bits per heavy atom. The smallest absolute Gasteiger partial charge is 0.132 e. The van der Waals surface area contributed by atoms with Crippen molar-refractivity contribution in [2.45, 2.75) is 0 Å². The number of hydrogen-bond donors (Lipinski definition) is 0. The number of halogens is 1. The maximum absolute atomic E-state index is 13.6.